The second kappa shape index (κ2) is 5.10. The Kier molecular flexibility index (Phi) is 3.08. The minimum Gasteiger partial charge on any atom is -0.373 e. The number of carbonyl (C=O) groups is 1. The highest BCUT2D eigenvalue weighted by atomic mass is 32.1. The molecule has 1 aromatic heterocycles. The summed E-state index contributed by atoms with van der Waals surface area (Å²) in [6.07, 6.45) is 0.717. The molecule has 1 amide bonds. The summed E-state index contributed by atoms with van der Waals surface area (Å²) in [5.41, 5.74) is 4.03. The number of fused-ring (bicyclic) bond motifs is 2. The molecule has 0 bridgehead atoms. The van der Waals surface area contributed by atoms with Crippen LogP contribution in [0.2, 0.25) is 0 Å². The van der Waals surface area contributed by atoms with Gasteiger partial charge in [0.1, 0.15) is 6.04 Å². The van der Waals surface area contributed by atoms with Gasteiger partial charge in [-0.05, 0) is 35.9 Å². The van der Waals surface area contributed by atoms with Gasteiger partial charge in [-0.2, -0.15) is 0 Å². The van der Waals surface area contributed by atoms with Crippen molar-refractivity contribution in [2.75, 3.05) is 10.6 Å². The molecule has 0 spiro atoms. The number of hydrogen-bond acceptors (Lipinski definition) is 3. The van der Waals surface area contributed by atoms with E-state index in [1.165, 1.54) is 5.56 Å². The molecule has 0 aliphatic carbocycles. The zero-order valence-electron chi connectivity index (χ0n) is 11.8. The Labute approximate surface area is 133 Å². The average molecular weight is 309 g/mol. The number of hydrogen-bond donors (Lipinski definition) is 4. The number of aromatic nitrogens is 1. The number of carbonyl (C=O) groups excluding carboxylic acids is 1. The third-order valence-electron chi connectivity index (χ3n) is 3.96. The minimum atomic E-state index is -0.222. The van der Waals surface area contributed by atoms with Gasteiger partial charge in [-0.3, -0.25) is 4.79 Å². The molecule has 5 heteroatoms. The molecule has 110 valence electrons. The molecule has 1 aliphatic heterocycles. The predicted molar refractivity (Wildman–Crippen MR) is 91.7 cm³/mol. The summed E-state index contributed by atoms with van der Waals surface area (Å²) in [6, 6.07) is 15.5. The molecule has 2 aromatic carbocycles. The third-order valence-corrected chi connectivity index (χ3v) is 4.20. The van der Waals surface area contributed by atoms with Gasteiger partial charge in [0.25, 0.3) is 0 Å². The standard InChI is InChI=1S/C17H15N3OS/c21-17(15-8-10-3-1-2-4-13(10)19-15)18-12-5-6-14-11(7-12)9-16(22)20-14/h1-7,9,15,19-20,22H,8H2,(H,18,21). The van der Waals surface area contributed by atoms with Gasteiger partial charge in [0.05, 0.1) is 5.03 Å². The van der Waals surface area contributed by atoms with Crippen molar-refractivity contribution in [3.05, 3.63) is 54.1 Å². The second-order valence-corrected chi connectivity index (χ2v) is 5.99. The normalized spacial score (nSPS) is 16.3. The minimum absolute atomic E-state index is 0.0165. The van der Waals surface area contributed by atoms with Crippen molar-refractivity contribution >= 4 is 40.8 Å². The van der Waals surface area contributed by atoms with E-state index in [2.05, 4.69) is 34.3 Å². The van der Waals surface area contributed by atoms with Crippen molar-refractivity contribution in [3.8, 4) is 0 Å². The third kappa shape index (κ3) is 2.33. The largest absolute Gasteiger partial charge is 0.373 e. The van der Waals surface area contributed by atoms with Crippen LogP contribution in [-0.2, 0) is 11.2 Å². The maximum Gasteiger partial charge on any atom is 0.247 e. The summed E-state index contributed by atoms with van der Waals surface area (Å²) in [5, 5.41) is 8.09. The summed E-state index contributed by atoms with van der Waals surface area (Å²) >= 11 is 4.29. The maximum atomic E-state index is 12.4. The van der Waals surface area contributed by atoms with Crippen molar-refractivity contribution < 1.29 is 4.79 Å². The maximum absolute atomic E-state index is 12.4. The lowest BCUT2D eigenvalue weighted by Gasteiger charge is -2.12. The SMILES string of the molecule is O=C(Nc1ccc2[nH]c(S)cc2c1)C1Cc2ccccc2N1. The van der Waals surface area contributed by atoms with E-state index in [0.29, 0.717) is 0 Å². The monoisotopic (exact) mass is 309 g/mol. The molecule has 0 fully saturated rings. The van der Waals surface area contributed by atoms with Crippen LogP contribution < -0.4 is 10.6 Å². The van der Waals surface area contributed by atoms with Crippen LogP contribution in [0, 0.1) is 0 Å². The summed E-state index contributed by atoms with van der Waals surface area (Å²) < 4.78 is 0. The number of thiol groups is 1. The predicted octanol–water partition coefficient (Wildman–Crippen LogP) is 3.43. The molecule has 1 atom stereocenters. The van der Waals surface area contributed by atoms with Crippen LogP contribution in [0.3, 0.4) is 0 Å². The Balaban J connectivity index is 1.52. The van der Waals surface area contributed by atoms with E-state index >= 15 is 0 Å². The fourth-order valence-electron chi connectivity index (χ4n) is 2.88. The highest BCUT2D eigenvalue weighted by Gasteiger charge is 2.26. The van der Waals surface area contributed by atoms with Gasteiger partial charge >= 0.3 is 0 Å². The molecule has 2 heterocycles. The number of para-hydroxylation sites is 1. The highest BCUT2D eigenvalue weighted by molar-refractivity contribution is 7.80. The van der Waals surface area contributed by atoms with E-state index in [0.717, 1.165) is 33.7 Å². The van der Waals surface area contributed by atoms with Gasteiger partial charge in [-0.25, -0.2) is 0 Å². The number of amides is 1. The van der Waals surface area contributed by atoms with Gasteiger partial charge in [0.15, 0.2) is 0 Å². The Morgan fingerprint density at radius 3 is 2.91 bits per heavy atom. The molecule has 22 heavy (non-hydrogen) atoms. The number of H-pyrrole nitrogens is 1. The molecule has 0 saturated carbocycles. The van der Waals surface area contributed by atoms with Crippen molar-refractivity contribution in [1.82, 2.24) is 4.98 Å². The first-order valence-corrected chi connectivity index (χ1v) is 7.61. The molecular formula is C17H15N3OS. The van der Waals surface area contributed by atoms with Crippen LogP contribution in [-0.4, -0.2) is 16.9 Å². The highest BCUT2D eigenvalue weighted by Crippen LogP contribution is 2.26. The molecule has 0 radical (unpaired) electrons. The fraction of sp³-hybridized carbons (Fsp3) is 0.118. The van der Waals surface area contributed by atoms with Crippen LogP contribution in [0.1, 0.15) is 5.56 Å². The topological polar surface area (TPSA) is 56.9 Å². The number of anilines is 2. The smallest absolute Gasteiger partial charge is 0.247 e. The summed E-state index contributed by atoms with van der Waals surface area (Å²) in [7, 11) is 0. The Morgan fingerprint density at radius 1 is 1.18 bits per heavy atom. The zero-order chi connectivity index (χ0) is 15.1. The van der Waals surface area contributed by atoms with Crippen molar-refractivity contribution in [3.63, 3.8) is 0 Å². The molecule has 4 rings (SSSR count). The van der Waals surface area contributed by atoms with E-state index in [4.69, 9.17) is 0 Å². The summed E-state index contributed by atoms with van der Waals surface area (Å²) in [5.74, 6) is -0.0165. The van der Waals surface area contributed by atoms with Crippen molar-refractivity contribution in [2.24, 2.45) is 0 Å². The summed E-state index contributed by atoms with van der Waals surface area (Å²) in [6.45, 7) is 0. The first kappa shape index (κ1) is 13.3. The van der Waals surface area contributed by atoms with E-state index < -0.39 is 0 Å². The molecule has 3 aromatic rings. The fourth-order valence-corrected chi connectivity index (χ4v) is 3.14. The molecule has 4 nitrogen and oxygen atoms in total. The van der Waals surface area contributed by atoms with E-state index in [-0.39, 0.29) is 11.9 Å². The van der Waals surface area contributed by atoms with Gasteiger partial charge in [0.2, 0.25) is 5.91 Å². The lowest BCUT2D eigenvalue weighted by atomic mass is 10.1. The van der Waals surface area contributed by atoms with E-state index in [1.807, 2.05) is 42.5 Å². The lowest BCUT2D eigenvalue weighted by Crippen LogP contribution is -2.32. The number of rotatable bonds is 2. The van der Waals surface area contributed by atoms with E-state index in [9.17, 15) is 4.79 Å². The zero-order valence-corrected chi connectivity index (χ0v) is 12.7. The Hall–Kier alpha value is -2.40. The number of aromatic amines is 1. The van der Waals surface area contributed by atoms with Crippen LogP contribution in [0.15, 0.2) is 53.6 Å². The van der Waals surface area contributed by atoms with Gasteiger partial charge in [-0.15, -0.1) is 12.6 Å². The molecule has 1 aliphatic rings. The van der Waals surface area contributed by atoms with Crippen molar-refractivity contribution in [1.29, 1.82) is 0 Å². The second-order valence-electron chi connectivity index (χ2n) is 5.50. The summed E-state index contributed by atoms with van der Waals surface area (Å²) in [4.78, 5) is 15.6. The van der Waals surface area contributed by atoms with Crippen LogP contribution in [0.25, 0.3) is 10.9 Å². The molecule has 0 saturated heterocycles. The molecule has 3 N–H and O–H groups in total. The lowest BCUT2D eigenvalue weighted by molar-refractivity contribution is -0.116. The first-order valence-electron chi connectivity index (χ1n) is 7.16. The Bertz CT molecular complexity index is 846. The number of nitrogens with one attached hydrogen (secondary N) is 3. The van der Waals surface area contributed by atoms with Crippen LogP contribution in [0.4, 0.5) is 11.4 Å². The van der Waals surface area contributed by atoms with Crippen LogP contribution >= 0.6 is 12.6 Å². The number of benzene rings is 2. The van der Waals surface area contributed by atoms with E-state index in [1.54, 1.807) is 0 Å². The quantitative estimate of drug-likeness (QED) is 0.548. The Morgan fingerprint density at radius 2 is 2.05 bits per heavy atom. The van der Waals surface area contributed by atoms with Gasteiger partial charge in [0, 0.05) is 28.7 Å². The molecular weight excluding hydrogens is 294 g/mol. The van der Waals surface area contributed by atoms with Crippen LogP contribution in [0.5, 0.6) is 0 Å². The first-order chi connectivity index (χ1) is 10.7. The molecule has 1 unspecified atom stereocenters. The average Bonchev–Trinajstić information content (AvgIpc) is 3.08. The van der Waals surface area contributed by atoms with Gasteiger partial charge < -0.3 is 15.6 Å². The van der Waals surface area contributed by atoms with Gasteiger partial charge in [-0.1, -0.05) is 18.2 Å². The van der Waals surface area contributed by atoms with Crippen molar-refractivity contribution in [2.45, 2.75) is 17.5 Å².